The zero-order chi connectivity index (χ0) is 16.8. The Morgan fingerprint density at radius 3 is 2.39 bits per heavy atom. The average Bonchev–Trinajstić information content (AvgIpc) is 2.65. The van der Waals surface area contributed by atoms with Crippen LogP contribution in [0.25, 0.3) is 0 Å². The highest BCUT2D eigenvalue weighted by molar-refractivity contribution is 5.74. The molecule has 2 aliphatic rings. The fourth-order valence-corrected chi connectivity index (χ4v) is 3.73. The number of aliphatic hydroxyl groups excluding tert-OH is 1. The van der Waals surface area contributed by atoms with E-state index < -0.39 is 6.10 Å². The minimum atomic E-state index is -0.426. The van der Waals surface area contributed by atoms with Crippen molar-refractivity contribution in [1.82, 2.24) is 9.80 Å². The summed E-state index contributed by atoms with van der Waals surface area (Å²) in [6.45, 7) is 8.72. The molecule has 1 amide bonds. The number of rotatable bonds is 7. The lowest BCUT2D eigenvalue weighted by molar-refractivity contribution is -0.136. The highest BCUT2D eigenvalue weighted by atomic mass is 16.5. The third-order valence-corrected chi connectivity index (χ3v) is 5.11. The maximum Gasteiger partial charge on any atom is 0.219 e. The van der Waals surface area contributed by atoms with Crippen molar-refractivity contribution >= 4 is 5.91 Å². The summed E-state index contributed by atoms with van der Waals surface area (Å²) in [5.41, 5.74) is 0. The SMILES string of the molecule is CC(=O)N(C1CCC1)[C@@H]1CCCN(C[C@H](O)COC(C)C)CC1. The molecule has 134 valence electrons. The minimum absolute atomic E-state index is 0.157. The number of β-amino-alcohol motifs (C(OH)–C–C–N with tert-alkyl or cyclic N) is 1. The molecule has 0 bridgehead atoms. The Bertz CT molecular complexity index is 371. The number of carbonyl (C=O) groups is 1. The van der Waals surface area contributed by atoms with Gasteiger partial charge in [0.2, 0.25) is 5.91 Å². The van der Waals surface area contributed by atoms with E-state index in [0.717, 1.165) is 32.4 Å². The number of amides is 1. The van der Waals surface area contributed by atoms with E-state index in [2.05, 4.69) is 9.80 Å². The second-order valence-corrected chi connectivity index (χ2v) is 7.43. The molecule has 1 N–H and O–H groups in total. The second-order valence-electron chi connectivity index (χ2n) is 7.43. The van der Waals surface area contributed by atoms with E-state index in [0.29, 0.717) is 25.2 Å². The summed E-state index contributed by atoms with van der Waals surface area (Å²) < 4.78 is 5.49. The van der Waals surface area contributed by atoms with Gasteiger partial charge in [0.1, 0.15) is 0 Å². The van der Waals surface area contributed by atoms with Crippen LogP contribution >= 0.6 is 0 Å². The van der Waals surface area contributed by atoms with Crippen LogP contribution in [0.3, 0.4) is 0 Å². The predicted octanol–water partition coefficient (Wildman–Crippen LogP) is 2.03. The minimum Gasteiger partial charge on any atom is -0.389 e. The standard InChI is InChI=1S/C18H34N2O3/c1-14(2)23-13-18(22)12-19-10-5-8-17(9-11-19)20(15(3)21)16-6-4-7-16/h14,16-18,22H,4-13H2,1-3H3/t17-,18+/m1/s1. The van der Waals surface area contributed by atoms with Crippen molar-refractivity contribution in [2.75, 3.05) is 26.2 Å². The van der Waals surface area contributed by atoms with E-state index in [4.69, 9.17) is 4.74 Å². The highest BCUT2D eigenvalue weighted by Gasteiger charge is 2.33. The first kappa shape index (κ1) is 18.7. The topological polar surface area (TPSA) is 53.0 Å². The summed E-state index contributed by atoms with van der Waals surface area (Å²) in [6.07, 6.45) is 6.54. The van der Waals surface area contributed by atoms with Gasteiger partial charge in [-0.1, -0.05) is 0 Å². The quantitative estimate of drug-likeness (QED) is 0.778. The van der Waals surface area contributed by atoms with Crippen LogP contribution in [-0.4, -0.2) is 71.3 Å². The average molecular weight is 326 g/mol. The molecule has 0 radical (unpaired) electrons. The van der Waals surface area contributed by atoms with Crippen molar-refractivity contribution in [3.63, 3.8) is 0 Å². The first-order chi connectivity index (χ1) is 11.0. The fourth-order valence-electron chi connectivity index (χ4n) is 3.73. The lowest BCUT2D eigenvalue weighted by Crippen LogP contribution is -2.49. The first-order valence-corrected chi connectivity index (χ1v) is 9.28. The van der Waals surface area contributed by atoms with Crippen LogP contribution in [0.1, 0.15) is 59.3 Å². The second kappa shape index (κ2) is 9.00. The number of hydrogen-bond donors (Lipinski definition) is 1. The summed E-state index contributed by atoms with van der Waals surface area (Å²) in [5.74, 6) is 0.235. The largest absolute Gasteiger partial charge is 0.389 e. The van der Waals surface area contributed by atoms with Crippen LogP contribution in [0.4, 0.5) is 0 Å². The van der Waals surface area contributed by atoms with Gasteiger partial charge in [-0.2, -0.15) is 0 Å². The Balaban J connectivity index is 1.80. The van der Waals surface area contributed by atoms with Crippen LogP contribution in [0, 0.1) is 0 Å². The molecule has 23 heavy (non-hydrogen) atoms. The van der Waals surface area contributed by atoms with Gasteiger partial charge in [-0.25, -0.2) is 0 Å². The van der Waals surface area contributed by atoms with Crippen molar-refractivity contribution in [3.05, 3.63) is 0 Å². The number of likely N-dealkylation sites (tertiary alicyclic amines) is 1. The van der Waals surface area contributed by atoms with E-state index in [-0.39, 0.29) is 12.0 Å². The van der Waals surface area contributed by atoms with E-state index in [1.54, 1.807) is 6.92 Å². The molecule has 0 aromatic rings. The number of ether oxygens (including phenoxy) is 1. The smallest absolute Gasteiger partial charge is 0.219 e. The van der Waals surface area contributed by atoms with Gasteiger partial charge in [0.05, 0.1) is 18.8 Å². The molecule has 1 saturated carbocycles. The summed E-state index contributed by atoms with van der Waals surface area (Å²) in [6, 6.07) is 0.862. The van der Waals surface area contributed by atoms with Crippen LogP contribution < -0.4 is 0 Å². The summed E-state index contributed by atoms with van der Waals surface area (Å²) in [4.78, 5) is 16.5. The van der Waals surface area contributed by atoms with Crippen LogP contribution in [0.2, 0.25) is 0 Å². The van der Waals surface area contributed by atoms with Gasteiger partial charge >= 0.3 is 0 Å². The monoisotopic (exact) mass is 326 g/mol. The summed E-state index contributed by atoms with van der Waals surface area (Å²) in [7, 11) is 0. The van der Waals surface area contributed by atoms with Gasteiger partial charge in [-0.15, -0.1) is 0 Å². The molecule has 1 aliphatic carbocycles. The zero-order valence-electron chi connectivity index (χ0n) is 15.0. The van der Waals surface area contributed by atoms with E-state index in [1.165, 1.54) is 19.3 Å². The third kappa shape index (κ3) is 5.73. The molecule has 5 heteroatoms. The highest BCUT2D eigenvalue weighted by Crippen LogP contribution is 2.30. The maximum atomic E-state index is 12.1. The molecular weight excluding hydrogens is 292 g/mol. The predicted molar refractivity (Wildman–Crippen MR) is 91.3 cm³/mol. The molecule has 0 spiro atoms. The Kier molecular flexibility index (Phi) is 7.31. The Morgan fingerprint density at radius 1 is 1.17 bits per heavy atom. The Hall–Kier alpha value is -0.650. The molecule has 2 fully saturated rings. The molecule has 1 aliphatic heterocycles. The lowest BCUT2D eigenvalue weighted by Gasteiger charge is -2.42. The third-order valence-electron chi connectivity index (χ3n) is 5.11. The van der Waals surface area contributed by atoms with E-state index >= 15 is 0 Å². The summed E-state index contributed by atoms with van der Waals surface area (Å²) >= 11 is 0. The number of aliphatic hydroxyl groups is 1. The van der Waals surface area contributed by atoms with Crippen molar-refractivity contribution in [2.45, 2.75) is 83.6 Å². The van der Waals surface area contributed by atoms with Gasteiger partial charge in [-0.3, -0.25) is 4.79 Å². The molecule has 0 unspecified atom stereocenters. The zero-order valence-corrected chi connectivity index (χ0v) is 15.0. The Labute approximate surface area is 141 Å². The molecule has 2 rings (SSSR count). The van der Waals surface area contributed by atoms with Gasteiger partial charge in [0, 0.05) is 32.1 Å². The van der Waals surface area contributed by atoms with E-state index in [1.807, 2.05) is 13.8 Å². The number of nitrogens with zero attached hydrogens (tertiary/aromatic N) is 2. The van der Waals surface area contributed by atoms with Gasteiger partial charge < -0.3 is 19.6 Å². The summed E-state index contributed by atoms with van der Waals surface area (Å²) in [5, 5.41) is 10.1. The molecule has 5 nitrogen and oxygen atoms in total. The van der Waals surface area contributed by atoms with Gasteiger partial charge in [0.25, 0.3) is 0 Å². The lowest BCUT2D eigenvalue weighted by atomic mass is 9.89. The van der Waals surface area contributed by atoms with E-state index in [9.17, 15) is 9.90 Å². The number of carbonyl (C=O) groups excluding carboxylic acids is 1. The maximum absolute atomic E-state index is 12.1. The van der Waals surface area contributed by atoms with Crippen molar-refractivity contribution < 1.29 is 14.6 Å². The van der Waals surface area contributed by atoms with Gasteiger partial charge in [-0.05, 0) is 58.9 Å². The Morgan fingerprint density at radius 2 is 1.83 bits per heavy atom. The number of hydrogen-bond acceptors (Lipinski definition) is 4. The molecule has 0 aromatic heterocycles. The molecular formula is C18H34N2O3. The van der Waals surface area contributed by atoms with Crippen molar-refractivity contribution in [2.24, 2.45) is 0 Å². The molecule has 0 aromatic carbocycles. The fraction of sp³-hybridized carbons (Fsp3) is 0.944. The van der Waals surface area contributed by atoms with Crippen molar-refractivity contribution in [3.8, 4) is 0 Å². The molecule has 1 saturated heterocycles. The molecule has 1 heterocycles. The van der Waals surface area contributed by atoms with Crippen molar-refractivity contribution in [1.29, 1.82) is 0 Å². The molecule has 2 atom stereocenters. The van der Waals surface area contributed by atoms with Crippen LogP contribution in [-0.2, 0) is 9.53 Å². The van der Waals surface area contributed by atoms with Crippen LogP contribution in [0.5, 0.6) is 0 Å². The normalized spacial score (nSPS) is 25.0. The van der Waals surface area contributed by atoms with Gasteiger partial charge in [0.15, 0.2) is 0 Å². The first-order valence-electron chi connectivity index (χ1n) is 9.28. The van der Waals surface area contributed by atoms with Crippen LogP contribution in [0.15, 0.2) is 0 Å².